The van der Waals surface area contributed by atoms with Crippen LogP contribution < -0.4 is 0 Å². The van der Waals surface area contributed by atoms with E-state index in [0.29, 0.717) is 17.0 Å². The number of hydrogen-bond acceptors (Lipinski definition) is 1. The van der Waals surface area contributed by atoms with E-state index in [-0.39, 0.29) is 11.7 Å². The molecule has 3 heteroatoms. The van der Waals surface area contributed by atoms with Gasteiger partial charge in [0.25, 0.3) is 5.91 Å². The van der Waals surface area contributed by atoms with E-state index in [1.54, 1.807) is 24.0 Å². The first-order valence-electron chi connectivity index (χ1n) is 6.00. The molecule has 1 aliphatic carbocycles. The second-order valence-electron chi connectivity index (χ2n) is 5.12. The summed E-state index contributed by atoms with van der Waals surface area (Å²) >= 11 is 0. The Balaban J connectivity index is 2.05. The van der Waals surface area contributed by atoms with E-state index in [2.05, 4.69) is 6.92 Å². The topological polar surface area (TPSA) is 20.3 Å². The maximum atomic E-state index is 13.1. The molecule has 0 saturated heterocycles. The lowest BCUT2D eigenvalue weighted by atomic mass is 10.1. The molecule has 1 aliphatic rings. The average Bonchev–Trinajstić information content (AvgIpc) is 2.97. The van der Waals surface area contributed by atoms with Crippen molar-refractivity contribution in [2.24, 2.45) is 11.8 Å². The molecule has 2 rings (SSSR count). The maximum absolute atomic E-state index is 13.1. The molecule has 0 radical (unpaired) electrons. The first-order chi connectivity index (χ1) is 7.99. The Morgan fingerprint density at radius 1 is 1.53 bits per heavy atom. The second-order valence-corrected chi connectivity index (χ2v) is 5.12. The van der Waals surface area contributed by atoms with Crippen LogP contribution in [0.15, 0.2) is 18.2 Å². The monoisotopic (exact) mass is 235 g/mol. The highest BCUT2D eigenvalue weighted by molar-refractivity contribution is 5.94. The summed E-state index contributed by atoms with van der Waals surface area (Å²) in [6.07, 6.45) is 1.21. The van der Waals surface area contributed by atoms with Crippen LogP contribution >= 0.6 is 0 Å². The molecule has 0 N–H and O–H groups in total. The fraction of sp³-hybridized carbons (Fsp3) is 0.500. The minimum Gasteiger partial charge on any atom is -0.341 e. The van der Waals surface area contributed by atoms with E-state index < -0.39 is 0 Å². The summed E-state index contributed by atoms with van der Waals surface area (Å²) in [6.45, 7) is 4.68. The molecule has 0 spiro atoms. The Kier molecular flexibility index (Phi) is 3.18. The van der Waals surface area contributed by atoms with Crippen molar-refractivity contribution in [3.05, 3.63) is 35.1 Å². The number of amides is 1. The van der Waals surface area contributed by atoms with Gasteiger partial charge in [0.2, 0.25) is 0 Å². The highest BCUT2D eigenvalue weighted by Gasteiger charge is 2.34. The van der Waals surface area contributed by atoms with Gasteiger partial charge in [-0.25, -0.2) is 4.39 Å². The summed E-state index contributed by atoms with van der Waals surface area (Å²) in [6, 6.07) is 4.53. The maximum Gasteiger partial charge on any atom is 0.253 e. The fourth-order valence-electron chi connectivity index (χ4n) is 2.09. The number of nitrogens with zero attached hydrogens (tertiary/aromatic N) is 1. The predicted molar refractivity (Wildman–Crippen MR) is 65.4 cm³/mol. The summed E-state index contributed by atoms with van der Waals surface area (Å²) in [7, 11) is 1.81. The van der Waals surface area contributed by atoms with E-state index in [1.807, 2.05) is 7.05 Å². The fourth-order valence-corrected chi connectivity index (χ4v) is 2.09. The van der Waals surface area contributed by atoms with Crippen LogP contribution in [0.5, 0.6) is 0 Å². The second kappa shape index (κ2) is 4.47. The van der Waals surface area contributed by atoms with Crippen molar-refractivity contribution in [1.82, 2.24) is 4.90 Å². The van der Waals surface area contributed by atoms with E-state index in [4.69, 9.17) is 0 Å². The van der Waals surface area contributed by atoms with Crippen LogP contribution in [-0.4, -0.2) is 24.4 Å². The molecule has 0 heterocycles. The van der Waals surface area contributed by atoms with Crippen molar-refractivity contribution in [3.8, 4) is 0 Å². The summed E-state index contributed by atoms with van der Waals surface area (Å²) in [4.78, 5) is 13.8. The van der Waals surface area contributed by atoms with Crippen LogP contribution in [0.3, 0.4) is 0 Å². The van der Waals surface area contributed by atoms with Gasteiger partial charge in [-0.3, -0.25) is 4.79 Å². The molecule has 0 bridgehead atoms. The Labute approximate surface area is 101 Å². The molecule has 1 aromatic carbocycles. The molecular weight excluding hydrogens is 217 g/mol. The molecule has 1 aromatic rings. The van der Waals surface area contributed by atoms with Gasteiger partial charge in [0.15, 0.2) is 0 Å². The lowest BCUT2D eigenvalue weighted by Gasteiger charge is -2.17. The average molecular weight is 235 g/mol. The third-order valence-corrected chi connectivity index (χ3v) is 3.54. The molecule has 1 fully saturated rings. The number of carbonyl (C=O) groups is 1. The highest BCUT2D eigenvalue weighted by atomic mass is 19.1. The molecule has 2 unspecified atom stereocenters. The van der Waals surface area contributed by atoms with E-state index in [9.17, 15) is 9.18 Å². The van der Waals surface area contributed by atoms with E-state index in [0.717, 1.165) is 12.5 Å². The molecule has 1 amide bonds. The molecule has 0 aliphatic heterocycles. The van der Waals surface area contributed by atoms with Crippen molar-refractivity contribution in [2.75, 3.05) is 13.6 Å². The van der Waals surface area contributed by atoms with Crippen LogP contribution in [0.1, 0.15) is 29.3 Å². The summed E-state index contributed by atoms with van der Waals surface area (Å²) < 4.78 is 13.1. The van der Waals surface area contributed by atoms with Crippen LogP contribution in [0.2, 0.25) is 0 Å². The summed E-state index contributed by atoms with van der Waals surface area (Å²) in [5, 5.41) is 0. The van der Waals surface area contributed by atoms with Gasteiger partial charge in [-0.2, -0.15) is 0 Å². The smallest absolute Gasteiger partial charge is 0.253 e. The minimum absolute atomic E-state index is 0.0211. The van der Waals surface area contributed by atoms with Crippen LogP contribution in [0, 0.1) is 24.6 Å². The number of rotatable bonds is 3. The van der Waals surface area contributed by atoms with Gasteiger partial charge in [-0.05, 0) is 48.9 Å². The zero-order chi connectivity index (χ0) is 12.6. The third-order valence-electron chi connectivity index (χ3n) is 3.54. The molecule has 17 heavy (non-hydrogen) atoms. The SMILES string of the molecule is Cc1cc(C(=O)N(C)CC2CC2C)ccc1F. The first kappa shape index (κ1) is 12.1. The Morgan fingerprint density at radius 2 is 2.18 bits per heavy atom. The number of halogens is 1. The van der Waals surface area contributed by atoms with Gasteiger partial charge in [0.1, 0.15) is 5.82 Å². The predicted octanol–water partition coefficient (Wildman–Crippen LogP) is 2.86. The molecule has 92 valence electrons. The Hall–Kier alpha value is -1.38. The van der Waals surface area contributed by atoms with E-state index in [1.165, 1.54) is 12.5 Å². The third kappa shape index (κ3) is 2.65. The summed E-state index contributed by atoms with van der Waals surface area (Å²) in [5.74, 6) is 1.10. The molecule has 1 saturated carbocycles. The first-order valence-corrected chi connectivity index (χ1v) is 6.00. The van der Waals surface area contributed by atoms with Crippen molar-refractivity contribution >= 4 is 5.91 Å². The Morgan fingerprint density at radius 3 is 2.71 bits per heavy atom. The molecular formula is C14H18FNO. The van der Waals surface area contributed by atoms with Crippen LogP contribution in [-0.2, 0) is 0 Å². The van der Waals surface area contributed by atoms with Gasteiger partial charge in [0.05, 0.1) is 0 Å². The van der Waals surface area contributed by atoms with Crippen molar-refractivity contribution in [3.63, 3.8) is 0 Å². The van der Waals surface area contributed by atoms with Crippen LogP contribution in [0.4, 0.5) is 4.39 Å². The van der Waals surface area contributed by atoms with E-state index >= 15 is 0 Å². The van der Waals surface area contributed by atoms with Crippen molar-refractivity contribution in [2.45, 2.75) is 20.3 Å². The lowest BCUT2D eigenvalue weighted by Crippen LogP contribution is -2.29. The van der Waals surface area contributed by atoms with Crippen molar-refractivity contribution in [1.29, 1.82) is 0 Å². The molecule has 0 aromatic heterocycles. The van der Waals surface area contributed by atoms with Gasteiger partial charge in [-0.15, -0.1) is 0 Å². The number of benzene rings is 1. The normalized spacial score (nSPS) is 22.4. The molecule has 2 atom stereocenters. The van der Waals surface area contributed by atoms with Gasteiger partial charge < -0.3 is 4.90 Å². The van der Waals surface area contributed by atoms with Gasteiger partial charge in [0, 0.05) is 19.2 Å². The van der Waals surface area contributed by atoms with Gasteiger partial charge >= 0.3 is 0 Å². The van der Waals surface area contributed by atoms with Gasteiger partial charge in [-0.1, -0.05) is 6.92 Å². The molecule has 2 nitrogen and oxygen atoms in total. The number of aryl methyl sites for hydroxylation is 1. The number of hydrogen-bond donors (Lipinski definition) is 0. The van der Waals surface area contributed by atoms with Crippen LogP contribution in [0.25, 0.3) is 0 Å². The number of carbonyl (C=O) groups excluding carboxylic acids is 1. The Bertz CT molecular complexity index is 444. The summed E-state index contributed by atoms with van der Waals surface area (Å²) in [5.41, 5.74) is 1.09. The van der Waals surface area contributed by atoms with Crippen molar-refractivity contribution < 1.29 is 9.18 Å². The minimum atomic E-state index is -0.264. The highest BCUT2D eigenvalue weighted by Crippen LogP contribution is 2.38. The zero-order valence-electron chi connectivity index (χ0n) is 10.5. The quantitative estimate of drug-likeness (QED) is 0.789. The standard InChI is InChI=1S/C14H18FNO/c1-9-6-12(9)8-16(3)14(17)11-4-5-13(15)10(2)7-11/h4-5,7,9,12H,6,8H2,1-3H3. The lowest BCUT2D eigenvalue weighted by molar-refractivity contribution is 0.0787. The largest absolute Gasteiger partial charge is 0.341 e. The zero-order valence-corrected chi connectivity index (χ0v) is 10.5.